The summed E-state index contributed by atoms with van der Waals surface area (Å²) in [6.07, 6.45) is 7.54. The van der Waals surface area contributed by atoms with E-state index < -0.39 is 0 Å². The van der Waals surface area contributed by atoms with Gasteiger partial charge < -0.3 is 6.14 Å². The molecule has 2 radical (unpaired) electrons. The molecule has 20 heavy (non-hydrogen) atoms. The van der Waals surface area contributed by atoms with Gasteiger partial charge in [-0.15, -0.1) is 24.0 Å². The van der Waals surface area contributed by atoms with Crippen LogP contribution < -0.4 is 0 Å². The standard InChI is InChI=1S/2C6H14.4CH4.HI.Ir.H2N.Y/c2*1-5-6(2,3)4;;;;;;;;/h2*5H2,1-4H3;4*1H4;1H;;1H2;/q;;;;;;;;-1;/i/hD. The molecule has 2 N–H and O–H groups in total. The zero-order valence-corrected chi connectivity index (χ0v) is 19.8. The normalized spacial score (nSPS) is 7.55. The number of hydrogen-bond acceptors (Lipinski definition) is 0. The van der Waals surface area contributed by atoms with E-state index in [2.05, 4.69) is 55.4 Å². The molecule has 0 bridgehead atoms. The molecule has 0 aromatic carbocycles. The van der Waals surface area contributed by atoms with Gasteiger partial charge in [0.2, 0.25) is 0 Å². The molecule has 0 aliphatic rings. The minimum atomic E-state index is 0. The van der Waals surface area contributed by atoms with Gasteiger partial charge in [0.15, 0.2) is 0 Å². The Kier molecular flexibility index (Phi) is 94.6. The van der Waals surface area contributed by atoms with Gasteiger partial charge in [-0.25, -0.2) is 0 Å². The molecule has 0 rings (SSSR count). The molecule has 1 nitrogen and oxygen atoms in total. The molecule has 0 spiro atoms. The predicted molar refractivity (Wildman–Crippen MR) is 107 cm³/mol. The number of hydrogen-bond donors (Lipinski definition) is 0. The molecule has 0 saturated carbocycles. The van der Waals surface area contributed by atoms with E-state index in [1.807, 2.05) is 0 Å². The Labute approximate surface area is 191 Å². The van der Waals surface area contributed by atoms with Crippen LogP contribution in [0.25, 0.3) is 6.14 Å². The predicted octanol–water partition coefficient (Wildman–Crippen LogP) is 8.76. The quantitative estimate of drug-likeness (QED) is 0.233. The smallest absolute Gasteiger partial charge is 0 e. The van der Waals surface area contributed by atoms with Crippen LogP contribution in [0.3, 0.4) is 0 Å². The first kappa shape index (κ1) is 57.1. The zero-order valence-electron chi connectivity index (χ0n) is 13.2. The molecular formula is C16H47IIrNY-. The summed E-state index contributed by atoms with van der Waals surface area (Å²) in [6.45, 7) is 17.9. The Morgan fingerprint density at radius 1 is 0.700 bits per heavy atom. The van der Waals surface area contributed by atoms with Crippen LogP contribution >= 0.6 is 24.0 Å². The molecule has 0 aliphatic heterocycles. The van der Waals surface area contributed by atoms with Crippen molar-refractivity contribution in [1.82, 2.24) is 0 Å². The summed E-state index contributed by atoms with van der Waals surface area (Å²) >= 11 is 0. The molecule has 0 fully saturated rings. The second kappa shape index (κ2) is 33.1. The zero-order chi connectivity index (χ0) is 12.4. The Balaban J connectivity index is -0.00000000989. The second-order valence-electron chi connectivity index (χ2n) is 5.83. The van der Waals surface area contributed by atoms with Crippen LogP contribution in [0.4, 0.5) is 0 Å². The van der Waals surface area contributed by atoms with Crippen LogP contribution in [-0.2, 0) is 52.8 Å². The van der Waals surface area contributed by atoms with E-state index in [0.717, 1.165) is 0 Å². The van der Waals surface area contributed by atoms with Crippen molar-refractivity contribution in [3.63, 3.8) is 0 Å². The average molecular weight is 663 g/mol. The van der Waals surface area contributed by atoms with Crippen molar-refractivity contribution in [2.45, 2.75) is 97.9 Å². The molecule has 0 saturated heterocycles. The van der Waals surface area contributed by atoms with Gasteiger partial charge in [0.1, 0.15) is 0 Å². The third-order valence-corrected chi connectivity index (χ3v) is 2.12. The second-order valence-corrected chi connectivity index (χ2v) is 5.83. The van der Waals surface area contributed by atoms with Crippen LogP contribution in [0, 0.1) is 10.8 Å². The summed E-state index contributed by atoms with van der Waals surface area (Å²) in [5.74, 6) is 0. The van der Waals surface area contributed by atoms with E-state index in [4.69, 9.17) is 7.56 Å². The summed E-state index contributed by atoms with van der Waals surface area (Å²) in [4.78, 5) is 0. The molecule has 0 heterocycles. The minimum absolute atomic E-state index is 0. The molecule has 0 aromatic rings. The van der Waals surface area contributed by atoms with E-state index in [0.29, 0.717) is 10.8 Å². The first-order valence-electron chi connectivity index (χ1n) is 5.62. The molecule has 4 heteroatoms. The molecular weight excluding hydrogens is 614 g/mol. The van der Waals surface area contributed by atoms with Crippen molar-refractivity contribution in [2.24, 2.45) is 10.8 Å². The first-order valence-corrected chi connectivity index (χ1v) is 5.12. The van der Waals surface area contributed by atoms with Gasteiger partial charge in [0.25, 0.3) is 0 Å². The number of halogens is 1. The van der Waals surface area contributed by atoms with Gasteiger partial charge >= 0.3 is 0 Å². The van der Waals surface area contributed by atoms with E-state index in [1.165, 1.54) is 12.8 Å². The van der Waals surface area contributed by atoms with Crippen LogP contribution in [0.5, 0.6) is 0 Å². The van der Waals surface area contributed by atoms with Crippen LogP contribution in [-0.4, -0.2) is 0 Å². The first-order chi connectivity index (χ1) is 6.12. The average Bonchev–Trinajstić information content (AvgIpc) is 2.07. The Bertz CT molecular complexity index is 102. The molecule has 0 unspecified atom stereocenters. The minimum Gasteiger partial charge on any atom is -0.693 e. The Morgan fingerprint density at radius 2 is 0.750 bits per heavy atom. The van der Waals surface area contributed by atoms with Gasteiger partial charge in [0.05, 0.1) is 0 Å². The SMILES string of the molecule is C.C.C.C.CCC(C)(C)C.CCC(C)(C)C.I.[2H][NH-].[Ir].[Y]. The van der Waals surface area contributed by atoms with Crippen molar-refractivity contribution in [3.8, 4) is 0 Å². The molecule has 0 amide bonds. The van der Waals surface area contributed by atoms with Crippen LogP contribution in [0.2, 0.25) is 1.41 Å². The van der Waals surface area contributed by atoms with E-state index in [1.54, 1.807) is 0 Å². The number of nitrogens with two attached hydrogens (primary N) is 1. The number of rotatable bonds is 0. The maximum atomic E-state index is 5.00. The summed E-state index contributed by atoms with van der Waals surface area (Å²) in [5.41, 5.74) is 1.08. The van der Waals surface area contributed by atoms with Crippen molar-refractivity contribution < 1.29 is 54.2 Å². The van der Waals surface area contributed by atoms with Gasteiger partial charge in [-0.3, -0.25) is 0 Å². The monoisotopic (exact) mass is 663 g/mol. The molecule has 0 atom stereocenters. The topological polar surface area (TPSA) is 33.5 Å². The fraction of sp³-hybridized carbons (Fsp3) is 1.00. The summed E-state index contributed by atoms with van der Waals surface area (Å²) in [5, 5.41) is 0. The third-order valence-electron chi connectivity index (χ3n) is 2.12. The summed E-state index contributed by atoms with van der Waals surface area (Å²) < 4.78 is 5.00. The van der Waals surface area contributed by atoms with Crippen molar-refractivity contribution in [3.05, 3.63) is 6.14 Å². The maximum absolute atomic E-state index is 5.00. The van der Waals surface area contributed by atoms with Gasteiger partial charge in [0, 0.05) is 52.8 Å². The Hall–Kier alpha value is 2.44. The van der Waals surface area contributed by atoms with Crippen molar-refractivity contribution >= 4 is 24.0 Å². The maximum Gasteiger partial charge on any atom is 0 e. The summed E-state index contributed by atoms with van der Waals surface area (Å²) in [7, 11) is 0. The molecule has 0 aliphatic carbocycles. The fourth-order valence-corrected chi connectivity index (χ4v) is 0. The van der Waals surface area contributed by atoms with Gasteiger partial charge in [-0.1, -0.05) is 97.9 Å². The Morgan fingerprint density at radius 3 is 0.750 bits per heavy atom. The largest absolute Gasteiger partial charge is 0.693 e. The fourth-order valence-electron chi connectivity index (χ4n) is 0. The molecule has 136 valence electrons. The van der Waals surface area contributed by atoms with Crippen molar-refractivity contribution in [2.75, 3.05) is 0 Å². The van der Waals surface area contributed by atoms with E-state index >= 15 is 0 Å². The van der Waals surface area contributed by atoms with Crippen LogP contribution in [0.1, 0.15) is 97.9 Å². The van der Waals surface area contributed by atoms with E-state index in [-0.39, 0.29) is 106 Å². The van der Waals surface area contributed by atoms with Gasteiger partial charge in [-0.2, -0.15) is 1.41 Å². The summed E-state index contributed by atoms with van der Waals surface area (Å²) in [6, 6.07) is 0. The molecule has 0 aromatic heterocycles. The van der Waals surface area contributed by atoms with Gasteiger partial charge in [-0.05, 0) is 10.8 Å². The van der Waals surface area contributed by atoms with Crippen molar-refractivity contribution in [1.29, 1.82) is 0 Å². The van der Waals surface area contributed by atoms with Crippen LogP contribution in [0.15, 0.2) is 0 Å². The third kappa shape index (κ3) is 108. The van der Waals surface area contributed by atoms with E-state index in [9.17, 15) is 0 Å².